The lowest BCUT2D eigenvalue weighted by atomic mass is 10.1. The van der Waals surface area contributed by atoms with E-state index in [1.54, 1.807) is 0 Å². The monoisotopic (exact) mass is 603 g/mol. The lowest BCUT2D eigenvalue weighted by Gasteiger charge is -2.39. The molecular weight excluding hydrogens is 570 g/mol. The molecule has 10 nitrogen and oxygen atoms in total. The third-order valence-corrected chi connectivity index (χ3v) is 7.73. The molecule has 1 aromatic carbocycles. The van der Waals surface area contributed by atoms with Crippen molar-refractivity contribution in [1.29, 1.82) is 0 Å². The van der Waals surface area contributed by atoms with Gasteiger partial charge in [0, 0.05) is 62.8 Å². The molecule has 4 heterocycles. The Morgan fingerprint density at radius 1 is 1.07 bits per heavy atom. The Bertz CT molecular complexity index is 1550. The van der Waals surface area contributed by atoms with Gasteiger partial charge in [0.1, 0.15) is 5.82 Å². The summed E-state index contributed by atoms with van der Waals surface area (Å²) in [5.74, 6) is -1.35. The summed E-state index contributed by atoms with van der Waals surface area (Å²) in [5.41, 5.74) is -2.44. The molecule has 43 heavy (non-hydrogen) atoms. The molecule has 14 heteroatoms. The number of rotatable bonds is 5. The van der Waals surface area contributed by atoms with E-state index in [9.17, 15) is 22.8 Å². The number of halogens is 4. The van der Waals surface area contributed by atoms with E-state index in [1.165, 1.54) is 24.4 Å². The second-order valence-corrected chi connectivity index (χ2v) is 11.1. The fourth-order valence-electron chi connectivity index (χ4n) is 5.46. The highest BCUT2D eigenvalue weighted by Crippen LogP contribution is 2.37. The van der Waals surface area contributed by atoms with Gasteiger partial charge in [-0.15, -0.1) is 0 Å². The number of morpholine rings is 1. The fourth-order valence-corrected chi connectivity index (χ4v) is 5.46. The first-order valence-corrected chi connectivity index (χ1v) is 13.9. The van der Waals surface area contributed by atoms with E-state index in [0.717, 1.165) is 6.20 Å². The van der Waals surface area contributed by atoms with Gasteiger partial charge >= 0.3 is 6.18 Å². The Labute approximate surface area is 245 Å². The zero-order valence-corrected chi connectivity index (χ0v) is 24.2. The average molecular weight is 604 g/mol. The number of pyridine rings is 1. The van der Waals surface area contributed by atoms with E-state index in [-0.39, 0.29) is 35.2 Å². The van der Waals surface area contributed by atoms with Crippen molar-refractivity contribution in [3.63, 3.8) is 0 Å². The zero-order valence-electron chi connectivity index (χ0n) is 24.2. The van der Waals surface area contributed by atoms with Gasteiger partial charge in [0.05, 0.1) is 40.4 Å². The van der Waals surface area contributed by atoms with Crippen molar-refractivity contribution in [1.82, 2.24) is 19.9 Å². The van der Waals surface area contributed by atoms with Gasteiger partial charge in [-0.1, -0.05) is 0 Å². The van der Waals surface area contributed by atoms with Crippen LogP contribution in [0.15, 0.2) is 41.5 Å². The Morgan fingerprint density at radius 3 is 2.47 bits per heavy atom. The van der Waals surface area contributed by atoms with Crippen LogP contribution in [0.3, 0.4) is 0 Å². The molecule has 0 saturated carbocycles. The summed E-state index contributed by atoms with van der Waals surface area (Å²) in [7, 11) is 1.96. The van der Waals surface area contributed by atoms with Crippen LogP contribution in [0.5, 0.6) is 0 Å². The number of alkyl halides is 3. The van der Waals surface area contributed by atoms with Crippen LogP contribution in [0.1, 0.15) is 36.7 Å². The van der Waals surface area contributed by atoms with Crippen LogP contribution < -0.4 is 20.7 Å². The van der Waals surface area contributed by atoms with E-state index < -0.39 is 34.6 Å². The molecule has 0 spiro atoms. The molecule has 2 aliphatic heterocycles. The van der Waals surface area contributed by atoms with Gasteiger partial charge in [-0.05, 0) is 46.0 Å². The minimum atomic E-state index is -4.95. The van der Waals surface area contributed by atoms with Crippen LogP contribution in [0.4, 0.5) is 34.9 Å². The highest BCUT2D eigenvalue weighted by atomic mass is 19.4. The summed E-state index contributed by atoms with van der Waals surface area (Å²) in [6.07, 6.45) is -2.84. The highest BCUT2D eigenvalue weighted by Gasteiger charge is 2.36. The number of anilines is 3. The molecule has 2 aliphatic rings. The third kappa shape index (κ3) is 6.64. The Balaban J connectivity index is 1.56. The molecule has 0 aliphatic carbocycles. The number of nitrogens with one attached hydrogen (secondary N) is 2. The molecular formula is C29H33F4N7O3. The summed E-state index contributed by atoms with van der Waals surface area (Å²) in [5, 5.41) is 2.56. The van der Waals surface area contributed by atoms with Gasteiger partial charge < -0.3 is 29.7 Å². The highest BCUT2D eigenvalue weighted by molar-refractivity contribution is 6.07. The van der Waals surface area contributed by atoms with Gasteiger partial charge in [-0.2, -0.15) is 13.2 Å². The van der Waals surface area contributed by atoms with Gasteiger partial charge in [-0.25, -0.2) is 14.4 Å². The Kier molecular flexibility index (Phi) is 8.43. The Hall–Kier alpha value is -4.04. The number of nitrogens with zero attached hydrogens (tertiary/aromatic N) is 5. The van der Waals surface area contributed by atoms with Crippen LogP contribution >= 0.6 is 0 Å². The number of aromatic amines is 1. The quantitative estimate of drug-likeness (QED) is 0.422. The standard InChI is InChI=1S/C29H33F4N7O3/c1-16-13-39(8-7-38(16)4)25-11-22(30)19(23-5-6-34-28(37-23)40-14-17(2)43-18(3)15-40)9-24(25)36-27(42)20-12-35-26(41)10-21(20)29(31,32)33/h5-6,9-12,16-18H,7-8,13-15H2,1-4H3,(H,35,41)(H,36,42). The normalized spacial score (nSPS) is 21.6. The fraction of sp³-hybridized carbons (Fsp3) is 0.448. The van der Waals surface area contributed by atoms with E-state index in [2.05, 4.69) is 25.2 Å². The van der Waals surface area contributed by atoms with Gasteiger partial charge in [0.15, 0.2) is 0 Å². The number of carbonyl (C=O) groups is 1. The van der Waals surface area contributed by atoms with Crippen molar-refractivity contribution in [3.05, 3.63) is 64.0 Å². The van der Waals surface area contributed by atoms with Crippen molar-refractivity contribution in [2.75, 3.05) is 54.9 Å². The minimum absolute atomic E-state index is 0.0387. The zero-order chi connectivity index (χ0) is 31.1. The van der Waals surface area contributed by atoms with E-state index in [0.29, 0.717) is 50.4 Å². The molecule has 3 aromatic rings. The molecule has 230 valence electrons. The molecule has 5 rings (SSSR count). The smallest absolute Gasteiger partial charge is 0.372 e. The topological polar surface area (TPSA) is 107 Å². The predicted octanol–water partition coefficient (Wildman–Crippen LogP) is 4.00. The maximum Gasteiger partial charge on any atom is 0.417 e. The van der Waals surface area contributed by atoms with Crippen molar-refractivity contribution < 1.29 is 27.1 Å². The van der Waals surface area contributed by atoms with Crippen LogP contribution in [0, 0.1) is 5.82 Å². The number of H-pyrrole nitrogens is 1. The lowest BCUT2D eigenvalue weighted by molar-refractivity contribution is -0.138. The van der Waals surface area contributed by atoms with Crippen LogP contribution in [0.25, 0.3) is 11.3 Å². The first-order chi connectivity index (χ1) is 20.3. The molecule has 2 fully saturated rings. The number of amides is 1. The molecule has 3 unspecified atom stereocenters. The minimum Gasteiger partial charge on any atom is -0.372 e. The van der Waals surface area contributed by atoms with Gasteiger partial charge in [-0.3, -0.25) is 9.59 Å². The summed E-state index contributed by atoms with van der Waals surface area (Å²) >= 11 is 0. The first-order valence-electron chi connectivity index (χ1n) is 13.9. The van der Waals surface area contributed by atoms with Gasteiger partial charge in [0.2, 0.25) is 11.5 Å². The van der Waals surface area contributed by atoms with E-state index >= 15 is 4.39 Å². The maximum absolute atomic E-state index is 15.8. The second kappa shape index (κ2) is 11.9. The number of carbonyl (C=O) groups excluding carboxylic acids is 1. The van der Waals surface area contributed by atoms with Crippen LogP contribution in [-0.2, 0) is 10.9 Å². The summed E-state index contributed by atoms with van der Waals surface area (Å²) < 4.78 is 62.8. The SMILES string of the molecule is CC1CN(c2nccc(-c3cc(NC(=O)c4c[nH]c(=O)cc4C(F)(F)F)c(N4CCN(C)C(C)C4)cc3F)n2)CC(C)O1. The predicted molar refractivity (Wildman–Crippen MR) is 154 cm³/mol. The molecule has 0 radical (unpaired) electrons. The number of aromatic nitrogens is 3. The number of ether oxygens (including phenoxy) is 1. The average Bonchev–Trinajstić information content (AvgIpc) is 2.94. The molecule has 1 amide bonds. The Morgan fingerprint density at radius 2 is 1.79 bits per heavy atom. The van der Waals surface area contributed by atoms with Crippen LogP contribution in [0.2, 0.25) is 0 Å². The molecule has 3 atom stereocenters. The molecule has 2 N–H and O–H groups in total. The summed E-state index contributed by atoms with van der Waals surface area (Å²) in [6.45, 7) is 8.60. The summed E-state index contributed by atoms with van der Waals surface area (Å²) in [6, 6.07) is 4.60. The summed E-state index contributed by atoms with van der Waals surface area (Å²) in [4.78, 5) is 42.0. The number of benzene rings is 1. The van der Waals surface area contributed by atoms with Crippen molar-refractivity contribution in [2.45, 2.75) is 45.2 Å². The molecule has 0 bridgehead atoms. The molecule has 2 saturated heterocycles. The van der Waals surface area contributed by atoms with E-state index in [1.807, 2.05) is 37.6 Å². The third-order valence-electron chi connectivity index (χ3n) is 7.73. The largest absolute Gasteiger partial charge is 0.417 e. The lowest BCUT2D eigenvalue weighted by Crippen LogP contribution is -2.50. The van der Waals surface area contributed by atoms with Crippen LogP contribution in [-0.4, -0.2) is 83.8 Å². The van der Waals surface area contributed by atoms with Gasteiger partial charge in [0.25, 0.3) is 5.91 Å². The van der Waals surface area contributed by atoms with Crippen molar-refractivity contribution in [3.8, 4) is 11.3 Å². The number of likely N-dealkylation sites (N-methyl/N-ethyl adjacent to an activating group) is 1. The van der Waals surface area contributed by atoms with E-state index in [4.69, 9.17) is 4.74 Å². The number of hydrogen-bond donors (Lipinski definition) is 2. The van der Waals surface area contributed by atoms with Crippen molar-refractivity contribution >= 4 is 23.2 Å². The maximum atomic E-state index is 15.8. The number of hydrogen-bond acceptors (Lipinski definition) is 8. The molecule has 2 aromatic heterocycles. The second-order valence-electron chi connectivity index (χ2n) is 11.1. The first kappa shape index (κ1) is 30.4. The van der Waals surface area contributed by atoms with Crippen molar-refractivity contribution in [2.24, 2.45) is 0 Å². The number of piperazine rings is 1.